The van der Waals surface area contributed by atoms with Gasteiger partial charge in [-0.05, 0) is 46.3 Å². The number of benzene rings is 2. The van der Waals surface area contributed by atoms with Gasteiger partial charge in [-0.3, -0.25) is 4.79 Å². The van der Waals surface area contributed by atoms with Crippen LogP contribution in [0.25, 0.3) is 5.69 Å². The minimum atomic E-state index is -0.138. The van der Waals surface area contributed by atoms with E-state index in [1.807, 2.05) is 30.3 Å². The van der Waals surface area contributed by atoms with Crippen LogP contribution < -0.4 is 5.32 Å². The summed E-state index contributed by atoms with van der Waals surface area (Å²) in [5, 5.41) is 24.2. The molecule has 0 bridgehead atoms. The molecule has 0 atom stereocenters. The van der Waals surface area contributed by atoms with E-state index >= 15 is 0 Å². The lowest BCUT2D eigenvalue weighted by Gasteiger charge is -2.07. The standard InChI is InChI=1S/C17H14N6OS/c1-12(24)19-15-6-3-7-16(9-15)23-17(20-21-22-23)25-11-14-5-2-4-13(8-14)10-18/h2-9H,11H2,1H3,(H,19,24). The normalized spacial score (nSPS) is 10.2. The van der Waals surface area contributed by atoms with E-state index in [0.717, 1.165) is 11.3 Å². The van der Waals surface area contributed by atoms with Gasteiger partial charge in [0.2, 0.25) is 11.1 Å². The number of aromatic nitrogens is 4. The first-order valence-electron chi connectivity index (χ1n) is 7.44. The first-order valence-corrected chi connectivity index (χ1v) is 8.42. The van der Waals surface area contributed by atoms with E-state index in [0.29, 0.717) is 22.2 Å². The summed E-state index contributed by atoms with van der Waals surface area (Å²) in [6, 6.07) is 16.9. The topological polar surface area (TPSA) is 96.5 Å². The highest BCUT2D eigenvalue weighted by Crippen LogP contribution is 2.24. The summed E-state index contributed by atoms with van der Waals surface area (Å²) in [6.45, 7) is 1.46. The van der Waals surface area contributed by atoms with Crippen LogP contribution in [0, 0.1) is 11.3 Å². The Kier molecular flexibility index (Phi) is 5.06. The number of carbonyl (C=O) groups is 1. The maximum absolute atomic E-state index is 11.2. The van der Waals surface area contributed by atoms with Crippen LogP contribution in [0.1, 0.15) is 18.1 Å². The molecule has 0 saturated heterocycles. The Labute approximate surface area is 148 Å². The zero-order chi connectivity index (χ0) is 17.6. The van der Waals surface area contributed by atoms with E-state index in [4.69, 9.17) is 5.26 Å². The van der Waals surface area contributed by atoms with Gasteiger partial charge in [0.05, 0.1) is 17.3 Å². The molecule has 1 N–H and O–H groups in total. The van der Waals surface area contributed by atoms with Gasteiger partial charge in [-0.1, -0.05) is 30.0 Å². The molecule has 1 heterocycles. The second-order valence-corrected chi connectivity index (χ2v) is 6.15. The van der Waals surface area contributed by atoms with Crippen LogP contribution in [0.5, 0.6) is 0 Å². The summed E-state index contributed by atoms with van der Waals surface area (Å²) < 4.78 is 1.62. The fourth-order valence-electron chi connectivity index (χ4n) is 2.23. The Morgan fingerprint density at radius 3 is 2.92 bits per heavy atom. The molecule has 3 rings (SSSR count). The number of carbonyl (C=O) groups excluding carboxylic acids is 1. The molecule has 0 fully saturated rings. The summed E-state index contributed by atoms with van der Waals surface area (Å²) in [5.74, 6) is 0.502. The number of nitrogens with zero attached hydrogens (tertiary/aromatic N) is 5. The van der Waals surface area contributed by atoms with Gasteiger partial charge in [0.15, 0.2) is 0 Å². The lowest BCUT2D eigenvalue weighted by Crippen LogP contribution is -2.07. The average Bonchev–Trinajstić information content (AvgIpc) is 3.08. The maximum Gasteiger partial charge on any atom is 0.221 e. The molecule has 3 aromatic rings. The highest BCUT2D eigenvalue weighted by atomic mass is 32.2. The summed E-state index contributed by atoms with van der Waals surface area (Å²) >= 11 is 1.47. The van der Waals surface area contributed by atoms with Gasteiger partial charge in [-0.15, -0.1) is 5.10 Å². The lowest BCUT2D eigenvalue weighted by molar-refractivity contribution is -0.114. The Hall–Kier alpha value is -3.18. The third kappa shape index (κ3) is 4.22. The molecule has 8 heteroatoms. The third-order valence-electron chi connectivity index (χ3n) is 3.28. The van der Waals surface area contributed by atoms with Crippen LogP contribution in [-0.2, 0) is 10.5 Å². The number of rotatable bonds is 5. The fraction of sp³-hybridized carbons (Fsp3) is 0.118. The molecule has 1 aromatic heterocycles. The van der Waals surface area contributed by atoms with Gasteiger partial charge >= 0.3 is 0 Å². The van der Waals surface area contributed by atoms with Crippen molar-refractivity contribution in [2.45, 2.75) is 17.8 Å². The zero-order valence-corrected chi connectivity index (χ0v) is 14.2. The van der Waals surface area contributed by atoms with Crippen LogP contribution in [0.2, 0.25) is 0 Å². The predicted molar refractivity (Wildman–Crippen MR) is 94.2 cm³/mol. The molecule has 0 radical (unpaired) electrons. The molecule has 0 aliphatic heterocycles. The van der Waals surface area contributed by atoms with Gasteiger partial charge in [-0.2, -0.15) is 9.94 Å². The second-order valence-electron chi connectivity index (χ2n) is 5.21. The second kappa shape index (κ2) is 7.59. The van der Waals surface area contributed by atoms with Crippen molar-refractivity contribution in [3.05, 3.63) is 59.7 Å². The van der Waals surface area contributed by atoms with Crippen molar-refractivity contribution >= 4 is 23.4 Å². The largest absolute Gasteiger partial charge is 0.326 e. The monoisotopic (exact) mass is 350 g/mol. The Balaban J connectivity index is 1.79. The lowest BCUT2D eigenvalue weighted by atomic mass is 10.2. The maximum atomic E-state index is 11.2. The SMILES string of the molecule is CC(=O)Nc1cccc(-n2nnnc2SCc2cccc(C#N)c2)c1. The number of amides is 1. The summed E-state index contributed by atoms with van der Waals surface area (Å²) in [6.07, 6.45) is 0. The van der Waals surface area contributed by atoms with Crippen molar-refractivity contribution in [1.29, 1.82) is 5.26 Å². The van der Waals surface area contributed by atoms with Crippen LogP contribution in [0.4, 0.5) is 5.69 Å². The Morgan fingerprint density at radius 2 is 2.12 bits per heavy atom. The molecule has 124 valence electrons. The molecule has 0 saturated carbocycles. The number of anilines is 1. The minimum absolute atomic E-state index is 0.138. The number of nitrogens with one attached hydrogen (secondary N) is 1. The minimum Gasteiger partial charge on any atom is -0.326 e. The van der Waals surface area contributed by atoms with Crippen molar-refractivity contribution < 1.29 is 4.79 Å². The zero-order valence-electron chi connectivity index (χ0n) is 13.4. The van der Waals surface area contributed by atoms with E-state index in [1.165, 1.54) is 18.7 Å². The molecule has 2 aromatic carbocycles. The molecule has 7 nitrogen and oxygen atoms in total. The van der Waals surface area contributed by atoms with Crippen LogP contribution in [0.15, 0.2) is 53.7 Å². The van der Waals surface area contributed by atoms with Crippen molar-refractivity contribution in [1.82, 2.24) is 20.2 Å². The fourth-order valence-corrected chi connectivity index (χ4v) is 3.06. The highest BCUT2D eigenvalue weighted by molar-refractivity contribution is 7.98. The number of tetrazole rings is 1. The first kappa shape index (κ1) is 16.7. The number of nitriles is 1. The summed E-state index contributed by atoms with van der Waals surface area (Å²) in [4.78, 5) is 11.2. The van der Waals surface area contributed by atoms with Gasteiger partial charge in [0.1, 0.15) is 0 Å². The Morgan fingerprint density at radius 1 is 1.28 bits per heavy atom. The highest BCUT2D eigenvalue weighted by Gasteiger charge is 2.10. The van der Waals surface area contributed by atoms with Crippen molar-refractivity contribution in [3.8, 4) is 11.8 Å². The summed E-state index contributed by atoms with van der Waals surface area (Å²) in [5.41, 5.74) is 3.08. The molecule has 0 spiro atoms. The smallest absolute Gasteiger partial charge is 0.221 e. The van der Waals surface area contributed by atoms with E-state index in [-0.39, 0.29) is 5.91 Å². The van der Waals surface area contributed by atoms with Gasteiger partial charge in [-0.25, -0.2) is 0 Å². The van der Waals surface area contributed by atoms with E-state index in [9.17, 15) is 4.79 Å². The van der Waals surface area contributed by atoms with Crippen LogP contribution in [-0.4, -0.2) is 26.1 Å². The molecular formula is C17H14N6OS. The van der Waals surface area contributed by atoms with E-state index in [1.54, 1.807) is 22.9 Å². The molecule has 0 unspecified atom stereocenters. The molecule has 0 aliphatic carbocycles. The third-order valence-corrected chi connectivity index (χ3v) is 4.27. The number of hydrogen-bond donors (Lipinski definition) is 1. The quantitative estimate of drug-likeness (QED) is 0.711. The first-order chi connectivity index (χ1) is 12.2. The molecule has 1 amide bonds. The number of thioether (sulfide) groups is 1. The van der Waals surface area contributed by atoms with Gasteiger partial charge in [0.25, 0.3) is 0 Å². The molecular weight excluding hydrogens is 336 g/mol. The van der Waals surface area contributed by atoms with Gasteiger partial charge < -0.3 is 5.32 Å². The van der Waals surface area contributed by atoms with Crippen molar-refractivity contribution in [3.63, 3.8) is 0 Å². The summed E-state index contributed by atoms with van der Waals surface area (Å²) in [7, 11) is 0. The molecule has 25 heavy (non-hydrogen) atoms. The van der Waals surface area contributed by atoms with Crippen LogP contribution >= 0.6 is 11.8 Å². The molecule has 0 aliphatic rings. The Bertz CT molecular complexity index is 946. The number of hydrogen-bond acceptors (Lipinski definition) is 6. The average molecular weight is 350 g/mol. The van der Waals surface area contributed by atoms with E-state index < -0.39 is 0 Å². The van der Waals surface area contributed by atoms with Gasteiger partial charge in [0, 0.05) is 18.4 Å². The van der Waals surface area contributed by atoms with Crippen molar-refractivity contribution in [2.24, 2.45) is 0 Å². The van der Waals surface area contributed by atoms with Crippen LogP contribution in [0.3, 0.4) is 0 Å². The van der Waals surface area contributed by atoms with E-state index in [2.05, 4.69) is 26.9 Å². The van der Waals surface area contributed by atoms with Crippen molar-refractivity contribution in [2.75, 3.05) is 5.32 Å². The predicted octanol–water partition coefficient (Wildman–Crippen LogP) is 2.78.